The summed E-state index contributed by atoms with van der Waals surface area (Å²) in [6.07, 6.45) is 5.38. The standard InChI is InChI=1S/C21H36N4OS.HI/c1-4-22-21(24-18-11-9-14-20(17-18)27(26)5-2)23-15-10-16-25(3)19-12-7-6-8-13-19;/h6-8,12-13,18,20H,4-5,9-11,14-17H2,1-3H3,(H2,22,23,24);1H. The monoisotopic (exact) mass is 520 g/mol. The van der Waals surface area contributed by atoms with Crippen molar-refractivity contribution in [2.24, 2.45) is 4.99 Å². The topological polar surface area (TPSA) is 56.7 Å². The van der Waals surface area contributed by atoms with E-state index in [-0.39, 0.29) is 24.0 Å². The Bertz CT molecular complexity index is 599. The van der Waals surface area contributed by atoms with Crippen LogP contribution in [0.4, 0.5) is 5.69 Å². The van der Waals surface area contributed by atoms with E-state index in [4.69, 9.17) is 4.99 Å². The number of hydrogen-bond donors (Lipinski definition) is 2. The molecule has 3 unspecified atom stereocenters. The molecule has 5 nitrogen and oxygen atoms in total. The van der Waals surface area contributed by atoms with Gasteiger partial charge in [0.1, 0.15) is 0 Å². The zero-order valence-corrected chi connectivity index (χ0v) is 20.7. The van der Waals surface area contributed by atoms with Crippen molar-refractivity contribution in [2.75, 3.05) is 37.3 Å². The average Bonchev–Trinajstić information content (AvgIpc) is 2.71. The zero-order chi connectivity index (χ0) is 19.5. The average molecular weight is 521 g/mol. The number of nitrogens with one attached hydrogen (secondary N) is 2. The molecule has 0 heterocycles. The molecule has 7 heteroatoms. The third-order valence-electron chi connectivity index (χ3n) is 5.09. The molecule has 28 heavy (non-hydrogen) atoms. The molecule has 2 rings (SSSR count). The van der Waals surface area contributed by atoms with Crippen LogP contribution in [-0.4, -0.2) is 53.9 Å². The lowest BCUT2D eigenvalue weighted by Crippen LogP contribution is -2.46. The number of nitrogens with zero attached hydrogens (tertiary/aromatic N) is 2. The van der Waals surface area contributed by atoms with Crippen molar-refractivity contribution in [2.45, 2.75) is 57.2 Å². The van der Waals surface area contributed by atoms with E-state index < -0.39 is 10.8 Å². The van der Waals surface area contributed by atoms with Gasteiger partial charge in [0.25, 0.3) is 0 Å². The SMILES string of the molecule is CCNC(=NCCCN(C)c1ccccc1)NC1CCCC(S(=O)CC)C1.I. The largest absolute Gasteiger partial charge is 0.375 e. The molecule has 1 aromatic rings. The molecule has 0 bridgehead atoms. The Kier molecular flexibility index (Phi) is 12.8. The van der Waals surface area contributed by atoms with Gasteiger partial charge in [-0.3, -0.25) is 9.20 Å². The van der Waals surface area contributed by atoms with Crippen LogP contribution in [-0.2, 0) is 10.8 Å². The Morgan fingerprint density at radius 1 is 1.25 bits per heavy atom. The fourth-order valence-electron chi connectivity index (χ4n) is 3.57. The van der Waals surface area contributed by atoms with E-state index in [1.165, 1.54) is 5.69 Å². The molecule has 0 radical (unpaired) electrons. The van der Waals surface area contributed by atoms with Crippen LogP contribution in [0.25, 0.3) is 0 Å². The maximum absolute atomic E-state index is 12.1. The first-order valence-corrected chi connectivity index (χ1v) is 11.7. The molecular weight excluding hydrogens is 483 g/mol. The summed E-state index contributed by atoms with van der Waals surface area (Å²) in [5, 5.41) is 7.27. The minimum Gasteiger partial charge on any atom is -0.375 e. The molecular formula is C21H37IN4OS. The van der Waals surface area contributed by atoms with Gasteiger partial charge in [-0.1, -0.05) is 31.5 Å². The van der Waals surface area contributed by atoms with Crippen molar-refractivity contribution in [3.63, 3.8) is 0 Å². The maximum atomic E-state index is 12.1. The predicted octanol–water partition coefficient (Wildman–Crippen LogP) is 3.77. The zero-order valence-electron chi connectivity index (χ0n) is 17.5. The molecule has 3 atom stereocenters. The van der Waals surface area contributed by atoms with Gasteiger partial charge in [0.05, 0.1) is 0 Å². The molecule has 160 valence electrons. The second-order valence-electron chi connectivity index (χ2n) is 7.17. The van der Waals surface area contributed by atoms with Crippen molar-refractivity contribution in [1.29, 1.82) is 0 Å². The second-order valence-corrected chi connectivity index (χ2v) is 9.18. The summed E-state index contributed by atoms with van der Waals surface area (Å²) >= 11 is 0. The lowest BCUT2D eigenvalue weighted by atomic mass is 9.95. The maximum Gasteiger partial charge on any atom is 0.191 e. The van der Waals surface area contributed by atoms with Crippen LogP contribution in [0.5, 0.6) is 0 Å². The lowest BCUT2D eigenvalue weighted by Gasteiger charge is -2.30. The number of anilines is 1. The number of halogens is 1. The van der Waals surface area contributed by atoms with Crippen molar-refractivity contribution in [1.82, 2.24) is 10.6 Å². The summed E-state index contributed by atoms with van der Waals surface area (Å²) in [6.45, 7) is 6.74. The molecule has 1 aliphatic rings. The number of benzene rings is 1. The quantitative estimate of drug-likeness (QED) is 0.225. The first-order valence-electron chi connectivity index (χ1n) is 10.3. The minimum atomic E-state index is -0.689. The highest BCUT2D eigenvalue weighted by atomic mass is 127. The van der Waals surface area contributed by atoms with E-state index in [0.29, 0.717) is 11.3 Å². The molecule has 0 spiro atoms. The Balaban J connectivity index is 0.00000392. The van der Waals surface area contributed by atoms with E-state index >= 15 is 0 Å². The van der Waals surface area contributed by atoms with Crippen LogP contribution in [0.2, 0.25) is 0 Å². The molecule has 0 amide bonds. The summed E-state index contributed by atoms with van der Waals surface area (Å²) in [6, 6.07) is 10.8. The Hall–Kier alpha value is -0.830. The van der Waals surface area contributed by atoms with Crippen LogP contribution in [0.15, 0.2) is 35.3 Å². The number of hydrogen-bond acceptors (Lipinski definition) is 3. The number of guanidine groups is 1. The summed E-state index contributed by atoms with van der Waals surface area (Å²) in [4.78, 5) is 7.02. The Labute approximate surface area is 190 Å². The van der Waals surface area contributed by atoms with E-state index in [1.54, 1.807) is 0 Å². The van der Waals surface area contributed by atoms with Gasteiger partial charge < -0.3 is 15.5 Å². The molecule has 1 saturated carbocycles. The van der Waals surface area contributed by atoms with Crippen molar-refractivity contribution < 1.29 is 4.21 Å². The van der Waals surface area contributed by atoms with Gasteiger partial charge in [-0.25, -0.2) is 0 Å². The van der Waals surface area contributed by atoms with E-state index in [9.17, 15) is 4.21 Å². The van der Waals surface area contributed by atoms with Crippen molar-refractivity contribution in [3.05, 3.63) is 30.3 Å². The van der Waals surface area contributed by atoms with Crippen LogP contribution >= 0.6 is 24.0 Å². The van der Waals surface area contributed by atoms with Crippen LogP contribution in [0, 0.1) is 0 Å². The van der Waals surface area contributed by atoms with Gasteiger partial charge in [-0.2, -0.15) is 0 Å². The highest BCUT2D eigenvalue weighted by Crippen LogP contribution is 2.23. The van der Waals surface area contributed by atoms with Gasteiger partial charge in [-0.05, 0) is 44.7 Å². The molecule has 2 N–H and O–H groups in total. The van der Waals surface area contributed by atoms with E-state index in [1.807, 2.05) is 13.0 Å². The highest BCUT2D eigenvalue weighted by Gasteiger charge is 2.25. The van der Waals surface area contributed by atoms with Crippen LogP contribution in [0.3, 0.4) is 0 Å². The summed E-state index contributed by atoms with van der Waals surface area (Å²) < 4.78 is 12.1. The normalized spacial score (nSPS) is 20.8. The van der Waals surface area contributed by atoms with Gasteiger partial charge >= 0.3 is 0 Å². The minimum absolute atomic E-state index is 0. The fraction of sp³-hybridized carbons (Fsp3) is 0.667. The third kappa shape index (κ3) is 8.68. The van der Waals surface area contributed by atoms with Crippen LogP contribution < -0.4 is 15.5 Å². The number of para-hydroxylation sites is 1. The van der Waals surface area contributed by atoms with Gasteiger partial charge in [0.15, 0.2) is 5.96 Å². The number of aliphatic imine (C=N–C) groups is 1. The van der Waals surface area contributed by atoms with Crippen molar-refractivity contribution >= 4 is 46.4 Å². The molecule has 1 fully saturated rings. The van der Waals surface area contributed by atoms with Crippen molar-refractivity contribution in [3.8, 4) is 0 Å². The van der Waals surface area contributed by atoms with Gasteiger partial charge in [0, 0.05) is 60.2 Å². The Morgan fingerprint density at radius 3 is 2.68 bits per heavy atom. The summed E-state index contributed by atoms with van der Waals surface area (Å²) in [5.74, 6) is 1.66. The van der Waals surface area contributed by atoms with Crippen LogP contribution in [0.1, 0.15) is 46.0 Å². The van der Waals surface area contributed by atoms with Gasteiger partial charge in [0.2, 0.25) is 0 Å². The van der Waals surface area contributed by atoms with E-state index in [2.05, 4.69) is 53.8 Å². The smallest absolute Gasteiger partial charge is 0.191 e. The molecule has 1 aromatic carbocycles. The molecule has 0 aromatic heterocycles. The third-order valence-corrected chi connectivity index (χ3v) is 6.83. The lowest BCUT2D eigenvalue weighted by molar-refractivity contribution is 0.413. The predicted molar refractivity (Wildman–Crippen MR) is 134 cm³/mol. The van der Waals surface area contributed by atoms with E-state index in [0.717, 1.165) is 63.5 Å². The first-order chi connectivity index (χ1) is 13.1. The molecule has 0 saturated heterocycles. The van der Waals surface area contributed by atoms with Gasteiger partial charge in [-0.15, -0.1) is 24.0 Å². The second kappa shape index (κ2) is 14.2. The molecule has 1 aliphatic carbocycles. The first kappa shape index (κ1) is 25.2. The summed E-state index contributed by atoms with van der Waals surface area (Å²) in [7, 11) is 1.43. The summed E-state index contributed by atoms with van der Waals surface area (Å²) in [5.41, 5.74) is 1.24. The Morgan fingerprint density at radius 2 is 2.00 bits per heavy atom. The highest BCUT2D eigenvalue weighted by molar-refractivity contribution is 14.0. The fourth-order valence-corrected chi connectivity index (χ4v) is 4.92. The molecule has 0 aliphatic heterocycles. The number of rotatable bonds is 9.